The van der Waals surface area contributed by atoms with Crippen molar-refractivity contribution in [1.82, 2.24) is 4.90 Å². The van der Waals surface area contributed by atoms with Crippen LogP contribution in [0.3, 0.4) is 0 Å². The number of hydrogen-bond acceptors (Lipinski definition) is 4. The molecule has 0 spiro atoms. The number of hydrogen-bond donors (Lipinski definition) is 0. The highest BCUT2D eigenvalue weighted by molar-refractivity contribution is 7.88. The summed E-state index contributed by atoms with van der Waals surface area (Å²) in [7, 11) is -3.73. The summed E-state index contributed by atoms with van der Waals surface area (Å²) < 4.78 is 63.6. The summed E-state index contributed by atoms with van der Waals surface area (Å²) in [6, 6.07) is 4.52. The molecule has 0 unspecified atom stereocenters. The molecule has 4 nitrogen and oxygen atoms in total. The van der Waals surface area contributed by atoms with Gasteiger partial charge in [-0.05, 0) is 38.1 Å². The summed E-state index contributed by atoms with van der Waals surface area (Å²) in [6.07, 6.45) is 1.22. The first kappa shape index (κ1) is 15.1. The first-order valence-corrected chi connectivity index (χ1v) is 7.41. The standard InChI is InChI=1S/C12H14F3NO3S/c1-16-7-3-5-10-9(8-16)4-2-6-11(10)19-20(17,18)12(13,14)15/h2,4,6H,3,5,7-8H2,1H3. The van der Waals surface area contributed by atoms with Gasteiger partial charge in [0.15, 0.2) is 0 Å². The average Bonchev–Trinajstić information content (AvgIpc) is 2.48. The third-order valence-corrected chi connectivity index (χ3v) is 4.09. The fourth-order valence-electron chi connectivity index (χ4n) is 2.18. The first-order valence-electron chi connectivity index (χ1n) is 6.01. The summed E-state index contributed by atoms with van der Waals surface area (Å²) in [6.45, 7) is 1.35. The SMILES string of the molecule is CN1CCCc2c(cccc2OS(=O)(=O)C(F)(F)F)C1. The quantitative estimate of drug-likeness (QED) is 0.621. The zero-order valence-electron chi connectivity index (χ0n) is 10.8. The molecule has 2 rings (SSSR count). The van der Waals surface area contributed by atoms with Crippen LogP contribution in [-0.4, -0.2) is 32.4 Å². The summed E-state index contributed by atoms with van der Waals surface area (Å²) in [5.41, 5.74) is -4.10. The van der Waals surface area contributed by atoms with Crippen LogP contribution in [-0.2, 0) is 23.1 Å². The fraction of sp³-hybridized carbons (Fsp3) is 0.500. The predicted octanol–water partition coefficient (Wildman–Crippen LogP) is 2.29. The third kappa shape index (κ3) is 3.06. The van der Waals surface area contributed by atoms with Crippen LogP contribution in [0.15, 0.2) is 18.2 Å². The Kier molecular flexibility index (Phi) is 3.97. The lowest BCUT2D eigenvalue weighted by Gasteiger charge is -2.15. The zero-order valence-corrected chi connectivity index (χ0v) is 11.6. The van der Waals surface area contributed by atoms with E-state index in [1.54, 1.807) is 6.07 Å². The van der Waals surface area contributed by atoms with Gasteiger partial charge in [-0.3, -0.25) is 0 Å². The van der Waals surface area contributed by atoms with E-state index >= 15 is 0 Å². The molecule has 112 valence electrons. The van der Waals surface area contributed by atoms with Crippen LogP contribution < -0.4 is 4.18 Å². The Morgan fingerprint density at radius 1 is 1.30 bits per heavy atom. The van der Waals surface area contributed by atoms with Gasteiger partial charge in [-0.1, -0.05) is 12.1 Å². The van der Waals surface area contributed by atoms with Gasteiger partial charge in [-0.15, -0.1) is 0 Å². The molecule has 0 saturated heterocycles. The maximum atomic E-state index is 12.4. The van der Waals surface area contributed by atoms with Crippen molar-refractivity contribution in [2.24, 2.45) is 0 Å². The van der Waals surface area contributed by atoms with Gasteiger partial charge in [0.05, 0.1) is 0 Å². The molecular formula is C12H14F3NO3S. The zero-order chi connectivity index (χ0) is 15.0. The van der Waals surface area contributed by atoms with Crippen molar-refractivity contribution in [3.63, 3.8) is 0 Å². The lowest BCUT2D eigenvalue weighted by molar-refractivity contribution is -0.0500. The molecule has 0 fully saturated rings. The fourth-order valence-corrected chi connectivity index (χ4v) is 2.67. The molecule has 0 radical (unpaired) electrons. The van der Waals surface area contributed by atoms with Crippen LogP contribution in [0.5, 0.6) is 5.75 Å². The van der Waals surface area contributed by atoms with E-state index in [9.17, 15) is 21.6 Å². The summed E-state index contributed by atoms with van der Waals surface area (Å²) in [5, 5.41) is 0. The second-order valence-corrected chi connectivity index (χ2v) is 6.26. The number of alkyl halides is 3. The van der Waals surface area contributed by atoms with E-state index in [0.717, 1.165) is 18.5 Å². The predicted molar refractivity (Wildman–Crippen MR) is 66.7 cm³/mol. The number of rotatable bonds is 2. The lowest BCUT2D eigenvalue weighted by Crippen LogP contribution is -2.28. The molecule has 0 N–H and O–H groups in total. The highest BCUT2D eigenvalue weighted by atomic mass is 32.2. The highest BCUT2D eigenvalue weighted by Crippen LogP contribution is 2.32. The van der Waals surface area contributed by atoms with E-state index < -0.39 is 15.6 Å². The van der Waals surface area contributed by atoms with Gasteiger partial charge in [0.25, 0.3) is 0 Å². The third-order valence-electron chi connectivity index (χ3n) is 3.12. The van der Waals surface area contributed by atoms with Gasteiger partial charge in [0.2, 0.25) is 0 Å². The second-order valence-electron chi connectivity index (χ2n) is 4.72. The van der Waals surface area contributed by atoms with Gasteiger partial charge < -0.3 is 9.08 Å². The van der Waals surface area contributed by atoms with Crippen molar-refractivity contribution in [2.45, 2.75) is 24.9 Å². The van der Waals surface area contributed by atoms with Crippen molar-refractivity contribution in [3.8, 4) is 5.75 Å². The normalized spacial score (nSPS) is 17.4. The molecule has 1 heterocycles. The second kappa shape index (κ2) is 5.25. The Labute approximate surface area is 115 Å². The maximum Gasteiger partial charge on any atom is 0.534 e. The van der Waals surface area contributed by atoms with E-state index in [0.29, 0.717) is 18.5 Å². The average molecular weight is 309 g/mol. The van der Waals surface area contributed by atoms with Crippen LogP contribution >= 0.6 is 0 Å². The van der Waals surface area contributed by atoms with Crippen molar-refractivity contribution in [2.75, 3.05) is 13.6 Å². The van der Waals surface area contributed by atoms with E-state index in [-0.39, 0.29) is 5.75 Å². The Morgan fingerprint density at radius 2 is 2.00 bits per heavy atom. The van der Waals surface area contributed by atoms with E-state index in [4.69, 9.17) is 0 Å². The number of fused-ring (bicyclic) bond motifs is 1. The smallest absolute Gasteiger partial charge is 0.376 e. The number of nitrogens with zero attached hydrogens (tertiary/aromatic N) is 1. The van der Waals surface area contributed by atoms with Crippen molar-refractivity contribution < 1.29 is 25.8 Å². The maximum absolute atomic E-state index is 12.4. The molecule has 0 atom stereocenters. The molecule has 1 aromatic rings. The van der Waals surface area contributed by atoms with Crippen LogP contribution in [0.25, 0.3) is 0 Å². The largest absolute Gasteiger partial charge is 0.534 e. The molecule has 1 aliphatic rings. The van der Waals surface area contributed by atoms with Gasteiger partial charge in [0.1, 0.15) is 5.75 Å². The molecule has 0 aliphatic carbocycles. The Balaban J connectivity index is 2.38. The summed E-state index contributed by atoms with van der Waals surface area (Å²) >= 11 is 0. The van der Waals surface area contributed by atoms with Crippen molar-refractivity contribution in [3.05, 3.63) is 29.3 Å². The van der Waals surface area contributed by atoms with Crippen molar-refractivity contribution >= 4 is 10.1 Å². The Hall–Kier alpha value is -1.28. The molecular weight excluding hydrogens is 295 g/mol. The minimum Gasteiger partial charge on any atom is -0.376 e. The molecule has 20 heavy (non-hydrogen) atoms. The first-order chi connectivity index (χ1) is 9.21. The minimum atomic E-state index is -5.62. The Morgan fingerprint density at radius 3 is 2.65 bits per heavy atom. The Bertz CT molecular complexity index is 598. The molecule has 0 saturated carbocycles. The molecule has 0 aromatic heterocycles. The van der Waals surface area contributed by atoms with Gasteiger partial charge in [-0.25, -0.2) is 0 Å². The molecule has 1 aliphatic heterocycles. The van der Waals surface area contributed by atoms with E-state index in [1.807, 2.05) is 11.9 Å². The van der Waals surface area contributed by atoms with Crippen LogP contribution in [0.2, 0.25) is 0 Å². The number of benzene rings is 1. The summed E-state index contributed by atoms with van der Waals surface area (Å²) in [5.74, 6) is -0.227. The molecule has 8 heteroatoms. The molecule has 1 aromatic carbocycles. The van der Waals surface area contributed by atoms with Crippen LogP contribution in [0.1, 0.15) is 17.5 Å². The highest BCUT2D eigenvalue weighted by Gasteiger charge is 2.48. The number of halogens is 3. The van der Waals surface area contributed by atoms with E-state index in [2.05, 4.69) is 4.18 Å². The van der Waals surface area contributed by atoms with Crippen LogP contribution in [0, 0.1) is 0 Å². The summed E-state index contributed by atoms with van der Waals surface area (Å²) in [4.78, 5) is 2.02. The molecule has 0 amide bonds. The van der Waals surface area contributed by atoms with Crippen molar-refractivity contribution in [1.29, 1.82) is 0 Å². The van der Waals surface area contributed by atoms with Gasteiger partial charge in [0, 0.05) is 12.1 Å². The monoisotopic (exact) mass is 309 g/mol. The lowest BCUT2D eigenvalue weighted by atomic mass is 10.0. The van der Waals surface area contributed by atoms with E-state index in [1.165, 1.54) is 12.1 Å². The topological polar surface area (TPSA) is 46.6 Å². The van der Waals surface area contributed by atoms with Gasteiger partial charge in [-0.2, -0.15) is 21.6 Å². The van der Waals surface area contributed by atoms with Crippen LogP contribution in [0.4, 0.5) is 13.2 Å². The minimum absolute atomic E-state index is 0.227. The molecule has 0 bridgehead atoms. The van der Waals surface area contributed by atoms with Gasteiger partial charge >= 0.3 is 15.6 Å².